The molecule has 4 N–H and O–H groups in total. The average molecular weight is 451 g/mol. The van der Waals surface area contributed by atoms with E-state index in [-0.39, 0.29) is 12.5 Å². The number of halogens is 1. The van der Waals surface area contributed by atoms with Crippen molar-refractivity contribution >= 4 is 12.1 Å². The van der Waals surface area contributed by atoms with Crippen molar-refractivity contribution in [1.82, 2.24) is 5.32 Å². The number of benzene rings is 3. The number of hydrogen-bond donors (Lipinski definition) is 4. The van der Waals surface area contributed by atoms with E-state index in [0.717, 1.165) is 34.4 Å². The molecule has 3 aromatic carbocycles. The van der Waals surface area contributed by atoms with Crippen molar-refractivity contribution in [2.45, 2.75) is 18.1 Å². The van der Waals surface area contributed by atoms with Gasteiger partial charge in [-0.15, -0.1) is 0 Å². The lowest BCUT2D eigenvalue weighted by atomic mass is 9.98. The maximum atomic E-state index is 14.1. The Labute approximate surface area is 189 Å². The minimum Gasteiger partial charge on any atom is -0.478 e. The van der Waals surface area contributed by atoms with E-state index in [1.54, 1.807) is 0 Å². The smallest absolute Gasteiger partial charge is 0.407 e. The third-order valence-corrected chi connectivity index (χ3v) is 5.74. The summed E-state index contributed by atoms with van der Waals surface area (Å²) in [6.45, 7) is -0.403. The number of aliphatic hydroxyl groups is 2. The van der Waals surface area contributed by atoms with Crippen LogP contribution in [0.3, 0.4) is 0 Å². The fraction of sp³-hybridized carbons (Fsp3) is 0.200. The Morgan fingerprint density at radius 2 is 1.55 bits per heavy atom. The van der Waals surface area contributed by atoms with Crippen molar-refractivity contribution in [3.8, 4) is 11.1 Å². The van der Waals surface area contributed by atoms with Crippen LogP contribution in [0.1, 0.15) is 39.1 Å². The molecule has 0 saturated heterocycles. The number of fused-ring (bicyclic) bond motifs is 3. The molecule has 0 aliphatic heterocycles. The molecule has 33 heavy (non-hydrogen) atoms. The summed E-state index contributed by atoms with van der Waals surface area (Å²) in [7, 11) is 0. The van der Waals surface area contributed by atoms with Gasteiger partial charge < -0.3 is 25.4 Å². The second kappa shape index (κ2) is 9.40. The first-order chi connectivity index (χ1) is 15.9. The van der Waals surface area contributed by atoms with Gasteiger partial charge in [-0.3, -0.25) is 0 Å². The highest BCUT2D eigenvalue weighted by Gasteiger charge is 2.30. The number of aromatic carboxylic acids is 1. The van der Waals surface area contributed by atoms with Gasteiger partial charge in [0.05, 0.1) is 5.56 Å². The highest BCUT2D eigenvalue weighted by Crippen LogP contribution is 2.44. The molecule has 0 heterocycles. The summed E-state index contributed by atoms with van der Waals surface area (Å²) < 4.78 is 19.5. The molecule has 3 aromatic rings. The van der Waals surface area contributed by atoms with E-state index in [0.29, 0.717) is 0 Å². The van der Waals surface area contributed by atoms with Crippen molar-refractivity contribution in [3.63, 3.8) is 0 Å². The number of carboxylic acid groups (broad SMARTS) is 1. The van der Waals surface area contributed by atoms with Crippen LogP contribution in [0, 0.1) is 5.82 Å². The molecule has 2 unspecified atom stereocenters. The van der Waals surface area contributed by atoms with Crippen LogP contribution in [0.25, 0.3) is 11.1 Å². The van der Waals surface area contributed by atoms with E-state index in [4.69, 9.17) is 4.74 Å². The molecule has 0 saturated carbocycles. The van der Waals surface area contributed by atoms with Gasteiger partial charge in [-0.2, -0.15) is 0 Å². The van der Waals surface area contributed by atoms with Gasteiger partial charge in [0.15, 0.2) is 0 Å². The van der Waals surface area contributed by atoms with Crippen LogP contribution >= 0.6 is 0 Å². The van der Waals surface area contributed by atoms with Gasteiger partial charge in [0.2, 0.25) is 0 Å². The summed E-state index contributed by atoms with van der Waals surface area (Å²) in [6, 6.07) is 19.0. The average Bonchev–Trinajstić information content (AvgIpc) is 3.14. The third-order valence-electron chi connectivity index (χ3n) is 5.74. The van der Waals surface area contributed by atoms with Gasteiger partial charge in [-0.1, -0.05) is 54.6 Å². The predicted molar refractivity (Wildman–Crippen MR) is 117 cm³/mol. The molecule has 0 radical (unpaired) electrons. The molecule has 4 rings (SSSR count). The monoisotopic (exact) mass is 451 g/mol. The van der Waals surface area contributed by atoms with Crippen LogP contribution in [0.2, 0.25) is 0 Å². The number of carboxylic acids is 1. The lowest BCUT2D eigenvalue weighted by Crippen LogP contribution is -2.37. The molecule has 0 fully saturated rings. The van der Waals surface area contributed by atoms with Gasteiger partial charge in [-0.25, -0.2) is 14.0 Å². The Morgan fingerprint density at radius 1 is 0.939 bits per heavy atom. The van der Waals surface area contributed by atoms with Gasteiger partial charge in [0.25, 0.3) is 0 Å². The molecule has 1 amide bonds. The van der Waals surface area contributed by atoms with E-state index in [1.807, 2.05) is 48.5 Å². The molecular weight excluding hydrogens is 429 g/mol. The first-order valence-electron chi connectivity index (χ1n) is 10.3. The highest BCUT2D eigenvalue weighted by atomic mass is 19.1. The van der Waals surface area contributed by atoms with Crippen LogP contribution in [0.4, 0.5) is 9.18 Å². The maximum absolute atomic E-state index is 14.1. The van der Waals surface area contributed by atoms with E-state index in [2.05, 4.69) is 5.32 Å². The zero-order valence-corrected chi connectivity index (χ0v) is 17.4. The largest absolute Gasteiger partial charge is 0.478 e. The number of carbonyl (C=O) groups is 2. The highest BCUT2D eigenvalue weighted by molar-refractivity contribution is 5.89. The van der Waals surface area contributed by atoms with Crippen molar-refractivity contribution in [2.75, 3.05) is 13.2 Å². The van der Waals surface area contributed by atoms with Crippen LogP contribution in [-0.2, 0) is 4.74 Å². The molecule has 2 atom stereocenters. The van der Waals surface area contributed by atoms with Gasteiger partial charge in [0, 0.05) is 18.0 Å². The van der Waals surface area contributed by atoms with Crippen molar-refractivity contribution in [1.29, 1.82) is 0 Å². The zero-order chi connectivity index (χ0) is 23.5. The topological polar surface area (TPSA) is 116 Å². The number of alkyl carbamates (subject to hydrolysis) is 1. The van der Waals surface area contributed by atoms with Gasteiger partial charge in [0.1, 0.15) is 24.6 Å². The second-order valence-electron chi connectivity index (χ2n) is 7.72. The summed E-state index contributed by atoms with van der Waals surface area (Å²) in [6.07, 6.45) is -4.33. The van der Waals surface area contributed by atoms with Gasteiger partial charge >= 0.3 is 12.1 Å². The number of carbonyl (C=O) groups excluding carboxylic acids is 1. The molecular formula is C25H22FNO6. The van der Waals surface area contributed by atoms with Crippen molar-refractivity contribution in [3.05, 3.63) is 94.8 Å². The van der Waals surface area contributed by atoms with Crippen LogP contribution in [-0.4, -0.2) is 46.6 Å². The van der Waals surface area contributed by atoms with Crippen LogP contribution in [0.5, 0.6) is 0 Å². The Morgan fingerprint density at radius 3 is 2.15 bits per heavy atom. The van der Waals surface area contributed by atoms with Crippen LogP contribution < -0.4 is 5.32 Å². The molecule has 0 bridgehead atoms. The number of hydrogen-bond acceptors (Lipinski definition) is 5. The van der Waals surface area contributed by atoms with E-state index in [1.165, 1.54) is 6.07 Å². The zero-order valence-electron chi connectivity index (χ0n) is 17.4. The lowest BCUT2D eigenvalue weighted by Gasteiger charge is -2.21. The first-order valence-corrected chi connectivity index (χ1v) is 10.3. The van der Waals surface area contributed by atoms with E-state index < -0.39 is 47.8 Å². The molecule has 1 aliphatic carbocycles. The Hall–Kier alpha value is -3.75. The summed E-state index contributed by atoms with van der Waals surface area (Å²) in [5, 5.41) is 32.0. The molecule has 170 valence electrons. The molecule has 7 nitrogen and oxygen atoms in total. The number of nitrogens with one attached hydrogen (secondary N) is 1. The third kappa shape index (κ3) is 4.44. The molecule has 1 aliphatic rings. The van der Waals surface area contributed by atoms with Crippen molar-refractivity contribution in [2.24, 2.45) is 0 Å². The lowest BCUT2D eigenvalue weighted by molar-refractivity contribution is 0.0155. The van der Waals surface area contributed by atoms with E-state index in [9.17, 15) is 29.3 Å². The van der Waals surface area contributed by atoms with Gasteiger partial charge in [-0.05, 0) is 34.4 Å². The minimum atomic E-state index is -1.86. The SMILES string of the molecule is O=C(NCC(O)C(O)c1c(F)cccc1C(=O)O)OCC1c2ccccc2-c2ccccc21. The predicted octanol–water partition coefficient (Wildman–Crippen LogP) is 3.46. The van der Waals surface area contributed by atoms with Crippen molar-refractivity contribution < 1.29 is 34.0 Å². The summed E-state index contributed by atoms with van der Waals surface area (Å²) >= 11 is 0. The fourth-order valence-electron chi connectivity index (χ4n) is 4.17. The molecule has 8 heteroatoms. The first kappa shape index (κ1) is 22.4. The second-order valence-corrected chi connectivity index (χ2v) is 7.72. The summed E-state index contributed by atoms with van der Waals surface area (Å²) in [5.41, 5.74) is 3.24. The minimum absolute atomic E-state index is 0.0645. The number of amides is 1. The quantitative estimate of drug-likeness (QED) is 0.437. The number of aliphatic hydroxyl groups excluding tert-OH is 2. The maximum Gasteiger partial charge on any atom is 0.407 e. The molecule has 0 spiro atoms. The summed E-state index contributed by atoms with van der Waals surface area (Å²) in [4.78, 5) is 23.5. The number of ether oxygens (including phenoxy) is 1. The number of rotatable bonds is 7. The Bertz CT molecular complexity index is 1150. The van der Waals surface area contributed by atoms with Crippen LogP contribution in [0.15, 0.2) is 66.7 Å². The fourth-order valence-corrected chi connectivity index (χ4v) is 4.17. The Kier molecular flexibility index (Phi) is 6.39. The molecule has 0 aromatic heterocycles. The normalized spacial score (nSPS) is 14.2. The summed E-state index contributed by atoms with van der Waals surface area (Å²) in [5.74, 6) is -2.56. The Balaban J connectivity index is 1.38. The standard InChI is InChI=1S/C25H22FNO6/c26-20-11-5-10-18(24(30)31)22(20)23(29)21(28)12-27-25(32)33-13-19-16-8-3-1-6-14(16)15-7-2-4-9-17(15)19/h1-11,19,21,23,28-29H,12-13H2,(H,27,32)(H,30,31). The van der Waals surface area contributed by atoms with E-state index >= 15 is 0 Å².